The molecule has 0 aliphatic carbocycles. The predicted octanol–water partition coefficient (Wildman–Crippen LogP) is -1.49. The summed E-state index contributed by atoms with van der Waals surface area (Å²) in [6, 6.07) is 0. The van der Waals surface area contributed by atoms with Crippen molar-refractivity contribution in [3.05, 3.63) is 12.4 Å². The Morgan fingerprint density at radius 1 is 1.50 bits per heavy atom. The second kappa shape index (κ2) is 5.14. The number of aromatic nitrogens is 2. The number of hydrogen-bond acceptors (Lipinski definition) is 4. The lowest BCUT2D eigenvalue weighted by Crippen LogP contribution is -2.28. The monoisotopic (exact) mass is 197 g/mol. The minimum atomic E-state index is -1.42. The summed E-state index contributed by atoms with van der Waals surface area (Å²) in [5.41, 5.74) is 0.440. The molecule has 0 atom stereocenters. The maximum Gasteiger partial charge on any atom is 0.491 e. The molecule has 1 rings (SSSR count). The molecule has 6 heteroatoms. The molecule has 0 unspecified atom stereocenters. The van der Waals surface area contributed by atoms with Crippen molar-refractivity contribution in [3.63, 3.8) is 0 Å². The van der Waals surface area contributed by atoms with Gasteiger partial charge in [0.15, 0.2) is 0 Å². The van der Waals surface area contributed by atoms with Crippen LogP contribution in [0.15, 0.2) is 12.4 Å². The van der Waals surface area contributed by atoms with Gasteiger partial charge < -0.3 is 14.9 Å². The summed E-state index contributed by atoms with van der Waals surface area (Å²) >= 11 is 0. The molecule has 0 saturated heterocycles. The lowest BCUT2D eigenvalue weighted by Gasteiger charge is -2.08. The van der Waals surface area contributed by atoms with Crippen LogP contribution in [-0.2, 0) is 6.54 Å². The van der Waals surface area contributed by atoms with Gasteiger partial charge in [-0.1, -0.05) is 0 Å². The van der Waals surface area contributed by atoms with Crippen molar-refractivity contribution in [1.82, 2.24) is 14.7 Å². The highest BCUT2D eigenvalue weighted by Crippen LogP contribution is 1.90. The Kier molecular flexibility index (Phi) is 4.12. The summed E-state index contributed by atoms with van der Waals surface area (Å²) in [6.45, 7) is 1.79. The Bertz CT molecular complexity index is 275. The van der Waals surface area contributed by atoms with Gasteiger partial charge in [-0.05, 0) is 27.1 Å². The molecule has 78 valence electrons. The molecule has 0 amide bonds. The number of nitrogens with zero attached hydrogens (tertiary/aromatic N) is 3. The first-order chi connectivity index (χ1) is 6.59. The Balaban J connectivity index is 2.36. The number of hydrogen-bond donors (Lipinski definition) is 2. The summed E-state index contributed by atoms with van der Waals surface area (Å²) in [5, 5.41) is 21.7. The third kappa shape index (κ3) is 3.49. The predicted molar refractivity (Wildman–Crippen MR) is 55.2 cm³/mol. The summed E-state index contributed by atoms with van der Waals surface area (Å²) in [5.74, 6) is 0. The topological polar surface area (TPSA) is 61.5 Å². The van der Waals surface area contributed by atoms with Gasteiger partial charge in [0.05, 0.1) is 0 Å². The van der Waals surface area contributed by atoms with Crippen molar-refractivity contribution in [2.75, 3.05) is 20.6 Å². The summed E-state index contributed by atoms with van der Waals surface area (Å²) in [4.78, 5) is 2.10. The second-order valence-corrected chi connectivity index (χ2v) is 3.57. The molecule has 2 N–H and O–H groups in total. The van der Waals surface area contributed by atoms with Crippen LogP contribution in [0.4, 0.5) is 0 Å². The fraction of sp³-hybridized carbons (Fsp3) is 0.625. The number of rotatable bonds is 5. The van der Waals surface area contributed by atoms with Gasteiger partial charge in [-0.25, -0.2) is 0 Å². The minimum absolute atomic E-state index is 0.440. The van der Waals surface area contributed by atoms with E-state index in [1.54, 1.807) is 10.9 Å². The molecule has 0 aliphatic heterocycles. The van der Waals surface area contributed by atoms with E-state index in [0.29, 0.717) is 5.46 Å². The molecule has 0 fully saturated rings. The van der Waals surface area contributed by atoms with Crippen molar-refractivity contribution in [2.24, 2.45) is 0 Å². The van der Waals surface area contributed by atoms with Gasteiger partial charge in [0.25, 0.3) is 0 Å². The lowest BCUT2D eigenvalue weighted by atomic mass is 9.83. The molecular weight excluding hydrogens is 181 g/mol. The third-order valence-electron chi connectivity index (χ3n) is 1.94. The highest BCUT2D eigenvalue weighted by Gasteiger charge is 2.12. The van der Waals surface area contributed by atoms with Crippen LogP contribution < -0.4 is 5.46 Å². The Morgan fingerprint density at radius 2 is 2.21 bits per heavy atom. The fourth-order valence-corrected chi connectivity index (χ4v) is 1.18. The zero-order chi connectivity index (χ0) is 10.6. The zero-order valence-corrected chi connectivity index (χ0v) is 8.59. The van der Waals surface area contributed by atoms with E-state index in [9.17, 15) is 0 Å². The van der Waals surface area contributed by atoms with Crippen LogP contribution in [0.2, 0.25) is 0 Å². The van der Waals surface area contributed by atoms with E-state index in [2.05, 4.69) is 10.00 Å². The molecule has 0 aliphatic rings. The van der Waals surface area contributed by atoms with Gasteiger partial charge in [0.2, 0.25) is 0 Å². The first kappa shape index (κ1) is 11.2. The van der Waals surface area contributed by atoms with Crippen molar-refractivity contribution in [2.45, 2.75) is 13.0 Å². The normalized spacial score (nSPS) is 10.9. The average molecular weight is 197 g/mol. The van der Waals surface area contributed by atoms with E-state index in [0.717, 1.165) is 19.5 Å². The van der Waals surface area contributed by atoms with Gasteiger partial charge in [0.1, 0.15) is 0 Å². The zero-order valence-electron chi connectivity index (χ0n) is 8.59. The molecule has 1 aromatic heterocycles. The third-order valence-corrected chi connectivity index (χ3v) is 1.94. The van der Waals surface area contributed by atoms with E-state index < -0.39 is 7.12 Å². The van der Waals surface area contributed by atoms with E-state index in [1.807, 2.05) is 14.1 Å². The largest absolute Gasteiger partial charge is 0.491 e. The van der Waals surface area contributed by atoms with Gasteiger partial charge in [-0.3, -0.25) is 4.68 Å². The van der Waals surface area contributed by atoms with Crippen LogP contribution in [0.3, 0.4) is 0 Å². The van der Waals surface area contributed by atoms with Crippen LogP contribution in [0.25, 0.3) is 0 Å². The maximum atomic E-state index is 8.84. The first-order valence-electron chi connectivity index (χ1n) is 4.63. The average Bonchev–Trinajstić information content (AvgIpc) is 2.52. The molecule has 1 aromatic rings. The molecule has 5 nitrogen and oxygen atoms in total. The Hall–Kier alpha value is -0.845. The smallest absolute Gasteiger partial charge is 0.423 e. The highest BCUT2D eigenvalue weighted by atomic mass is 16.4. The van der Waals surface area contributed by atoms with Crippen molar-refractivity contribution in [1.29, 1.82) is 0 Å². The summed E-state index contributed by atoms with van der Waals surface area (Å²) in [7, 11) is 2.62. The summed E-state index contributed by atoms with van der Waals surface area (Å²) in [6.07, 6.45) is 4.12. The molecule has 0 radical (unpaired) electrons. The van der Waals surface area contributed by atoms with E-state index in [1.165, 1.54) is 6.20 Å². The Morgan fingerprint density at radius 3 is 2.71 bits per heavy atom. The van der Waals surface area contributed by atoms with E-state index in [4.69, 9.17) is 10.0 Å². The second-order valence-electron chi connectivity index (χ2n) is 3.57. The molecule has 0 spiro atoms. The van der Waals surface area contributed by atoms with E-state index >= 15 is 0 Å². The van der Waals surface area contributed by atoms with Crippen molar-refractivity contribution >= 4 is 12.6 Å². The molecule has 0 bridgehead atoms. The standard InChI is InChI=1S/C8H16BN3O2/c1-11(2)4-3-5-12-7-8(6-10-12)9(13)14/h6-7,13-14H,3-5H2,1-2H3. The Labute approximate surface area is 84.1 Å². The molecule has 0 saturated carbocycles. The number of aryl methyl sites for hydroxylation is 1. The van der Waals surface area contributed by atoms with Gasteiger partial charge in [0, 0.05) is 24.4 Å². The maximum absolute atomic E-state index is 8.84. The van der Waals surface area contributed by atoms with Crippen LogP contribution in [-0.4, -0.2) is 52.5 Å². The molecule has 0 aromatic carbocycles. The SMILES string of the molecule is CN(C)CCCn1cc(B(O)O)cn1. The first-order valence-corrected chi connectivity index (χ1v) is 4.63. The van der Waals surface area contributed by atoms with Crippen LogP contribution in [0.5, 0.6) is 0 Å². The molecular formula is C8H16BN3O2. The minimum Gasteiger partial charge on any atom is -0.423 e. The van der Waals surface area contributed by atoms with Gasteiger partial charge >= 0.3 is 7.12 Å². The van der Waals surface area contributed by atoms with Gasteiger partial charge in [-0.2, -0.15) is 5.10 Å². The van der Waals surface area contributed by atoms with E-state index in [-0.39, 0.29) is 0 Å². The fourth-order valence-electron chi connectivity index (χ4n) is 1.18. The quantitative estimate of drug-likeness (QED) is 0.565. The van der Waals surface area contributed by atoms with Crippen molar-refractivity contribution in [3.8, 4) is 0 Å². The highest BCUT2D eigenvalue weighted by molar-refractivity contribution is 6.58. The lowest BCUT2D eigenvalue weighted by molar-refractivity contribution is 0.380. The van der Waals surface area contributed by atoms with Gasteiger partial charge in [-0.15, -0.1) is 0 Å². The summed E-state index contributed by atoms with van der Waals surface area (Å²) < 4.78 is 1.72. The molecule has 14 heavy (non-hydrogen) atoms. The molecule has 1 heterocycles. The van der Waals surface area contributed by atoms with Crippen LogP contribution in [0, 0.1) is 0 Å². The van der Waals surface area contributed by atoms with Crippen LogP contribution >= 0.6 is 0 Å². The van der Waals surface area contributed by atoms with Crippen molar-refractivity contribution < 1.29 is 10.0 Å². The van der Waals surface area contributed by atoms with Crippen LogP contribution in [0.1, 0.15) is 6.42 Å².